The van der Waals surface area contributed by atoms with Gasteiger partial charge in [0.1, 0.15) is 5.76 Å². The molecule has 0 saturated carbocycles. The number of hydrogen-bond donors (Lipinski definition) is 1. The van der Waals surface area contributed by atoms with Crippen molar-refractivity contribution >= 4 is 10.0 Å². The number of benzene rings is 1. The maximum absolute atomic E-state index is 13.1. The van der Waals surface area contributed by atoms with Crippen LogP contribution in [0, 0.1) is 6.92 Å². The first-order valence-corrected chi connectivity index (χ1v) is 10.4. The van der Waals surface area contributed by atoms with Crippen LogP contribution in [0.4, 0.5) is 0 Å². The van der Waals surface area contributed by atoms with Crippen LogP contribution in [0.25, 0.3) is 11.3 Å². The van der Waals surface area contributed by atoms with E-state index in [0.717, 1.165) is 17.0 Å². The number of aryl methyl sites for hydroxylation is 1. The molecule has 0 spiro atoms. The van der Waals surface area contributed by atoms with Crippen molar-refractivity contribution in [3.63, 3.8) is 0 Å². The quantitative estimate of drug-likeness (QED) is 0.653. The average molecular weight is 388 g/mol. The summed E-state index contributed by atoms with van der Waals surface area (Å²) < 4.78 is 39.6. The molecule has 1 atom stereocenters. The molecule has 0 bridgehead atoms. The summed E-state index contributed by atoms with van der Waals surface area (Å²) in [4.78, 5) is 0.260. The maximum Gasteiger partial charge on any atom is 0.241 e. The summed E-state index contributed by atoms with van der Waals surface area (Å²) in [5, 5.41) is 3.88. The van der Waals surface area contributed by atoms with Gasteiger partial charge < -0.3 is 8.94 Å². The lowest BCUT2D eigenvalue weighted by Gasteiger charge is -2.18. The molecule has 3 rings (SSSR count). The van der Waals surface area contributed by atoms with Crippen LogP contribution in [0.1, 0.15) is 43.7 Å². The smallest absolute Gasteiger partial charge is 0.241 e. The van der Waals surface area contributed by atoms with Crippen molar-refractivity contribution in [1.82, 2.24) is 9.88 Å². The molecule has 0 amide bonds. The normalized spacial score (nSPS) is 13.2. The lowest BCUT2D eigenvalue weighted by atomic mass is 10.0. The van der Waals surface area contributed by atoms with Gasteiger partial charge in [0.15, 0.2) is 5.76 Å². The van der Waals surface area contributed by atoms with Gasteiger partial charge in [-0.3, -0.25) is 0 Å². The Balaban J connectivity index is 1.94. The minimum atomic E-state index is -3.72. The summed E-state index contributed by atoms with van der Waals surface area (Å²) in [6, 6.07) is 10.4. The highest BCUT2D eigenvalue weighted by Gasteiger charge is 2.24. The van der Waals surface area contributed by atoms with Gasteiger partial charge in [0.2, 0.25) is 10.0 Å². The molecule has 27 heavy (non-hydrogen) atoms. The van der Waals surface area contributed by atoms with Crippen LogP contribution in [0.3, 0.4) is 0 Å². The summed E-state index contributed by atoms with van der Waals surface area (Å²) >= 11 is 0. The summed E-state index contributed by atoms with van der Waals surface area (Å²) in [7, 11) is -3.72. The van der Waals surface area contributed by atoms with E-state index >= 15 is 0 Å². The minimum absolute atomic E-state index is 0.0578. The molecular formula is C20H24N2O4S. The Morgan fingerprint density at radius 3 is 2.52 bits per heavy atom. The van der Waals surface area contributed by atoms with E-state index in [2.05, 4.69) is 9.88 Å². The van der Waals surface area contributed by atoms with E-state index in [-0.39, 0.29) is 16.9 Å². The van der Waals surface area contributed by atoms with Crippen LogP contribution >= 0.6 is 0 Å². The predicted octanol–water partition coefficient (Wildman–Crippen LogP) is 4.28. The van der Waals surface area contributed by atoms with Crippen LogP contribution in [-0.4, -0.2) is 19.6 Å². The number of rotatable bonds is 7. The third kappa shape index (κ3) is 4.48. The number of nitrogens with one attached hydrogen (secondary N) is 1. The minimum Gasteiger partial charge on any atom is -0.469 e. The standard InChI is InChI=1S/C20H24N2O4S/c1-13(2)18-8-7-16(19-11-14(3)21-26-19)12-20(18)27(23,24)22-15(4)10-17-6-5-9-25-17/h5-9,11-13,15,22H,10H2,1-4H3/t15-/m0/s1. The number of nitrogens with zero attached hydrogens (tertiary/aromatic N) is 1. The van der Waals surface area contributed by atoms with Gasteiger partial charge in [0.05, 0.1) is 16.9 Å². The Morgan fingerprint density at radius 1 is 1.15 bits per heavy atom. The summed E-state index contributed by atoms with van der Waals surface area (Å²) in [5.41, 5.74) is 2.18. The lowest BCUT2D eigenvalue weighted by Crippen LogP contribution is -2.34. The van der Waals surface area contributed by atoms with E-state index in [9.17, 15) is 8.42 Å². The highest BCUT2D eigenvalue weighted by atomic mass is 32.2. The average Bonchev–Trinajstić information content (AvgIpc) is 3.25. The van der Waals surface area contributed by atoms with Crippen molar-refractivity contribution in [3.05, 3.63) is 59.7 Å². The molecule has 2 aromatic heterocycles. The molecule has 0 aliphatic rings. The van der Waals surface area contributed by atoms with E-state index in [1.54, 1.807) is 24.5 Å². The Morgan fingerprint density at radius 2 is 1.93 bits per heavy atom. The molecule has 0 unspecified atom stereocenters. The zero-order chi connectivity index (χ0) is 19.6. The van der Waals surface area contributed by atoms with E-state index < -0.39 is 10.0 Å². The van der Waals surface area contributed by atoms with Crippen LogP contribution in [0.15, 0.2) is 56.5 Å². The second-order valence-electron chi connectivity index (χ2n) is 7.05. The predicted molar refractivity (Wildman–Crippen MR) is 103 cm³/mol. The monoisotopic (exact) mass is 388 g/mol. The topological polar surface area (TPSA) is 85.3 Å². The Kier molecular flexibility index (Phi) is 5.53. The number of sulfonamides is 1. The second kappa shape index (κ2) is 7.70. The van der Waals surface area contributed by atoms with Gasteiger partial charge in [-0.2, -0.15) is 0 Å². The highest BCUT2D eigenvalue weighted by molar-refractivity contribution is 7.89. The fourth-order valence-electron chi connectivity index (χ4n) is 3.00. The van der Waals surface area contributed by atoms with Gasteiger partial charge in [0.25, 0.3) is 0 Å². The van der Waals surface area contributed by atoms with Crippen molar-refractivity contribution in [2.75, 3.05) is 0 Å². The zero-order valence-corrected chi connectivity index (χ0v) is 16.7. The molecule has 0 saturated heterocycles. The lowest BCUT2D eigenvalue weighted by molar-refractivity contribution is 0.427. The van der Waals surface area contributed by atoms with Gasteiger partial charge in [-0.15, -0.1) is 0 Å². The second-order valence-corrected chi connectivity index (χ2v) is 8.73. The fraction of sp³-hybridized carbons (Fsp3) is 0.350. The molecule has 0 aliphatic heterocycles. The molecule has 3 aromatic rings. The van der Waals surface area contributed by atoms with E-state index in [0.29, 0.717) is 17.7 Å². The molecule has 0 radical (unpaired) electrons. The molecule has 1 aromatic carbocycles. The van der Waals surface area contributed by atoms with Gasteiger partial charge in [0, 0.05) is 24.1 Å². The Hall–Kier alpha value is -2.38. The Labute approximate surface area is 159 Å². The van der Waals surface area contributed by atoms with E-state index in [1.807, 2.05) is 45.9 Å². The van der Waals surface area contributed by atoms with Gasteiger partial charge in [-0.05, 0) is 43.5 Å². The molecular weight excluding hydrogens is 364 g/mol. The third-order valence-electron chi connectivity index (χ3n) is 4.28. The van der Waals surface area contributed by atoms with Crippen molar-refractivity contribution in [2.24, 2.45) is 0 Å². The van der Waals surface area contributed by atoms with Crippen LogP contribution in [-0.2, 0) is 16.4 Å². The number of furan rings is 1. The molecule has 6 nitrogen and oxygen atoms in total. The largest absolute Gasteiger partial charge is 0.469 e. The maximum atomic E-state index is 13.1. The zero-order valence-electron chi connectivity index (χ0n) is 15.9. The van der Waals surface area contributed by atoms with Crippen LogP contribution in [0.5, 0.6) is 0 Å². The molecule has 7 heteroatoms. The van der Waals surface area contributed by atoms with Gasteiger partial charge in [-0.25, -0.2) is 13.1 Å². The highest BCUT2D eigenvalue weighted by Crippen LogP contribution is 2.30. The van der Waals surface area contributed by atoms with Gasteiger partial charge >= 0.3 is 0 Å². The van der Waals surface area contributed by atoms with Crippen LogP contribution < -0.4 is 4.72 Å². The van der Waals surface area contributed by atoms with Crippen LogP contribution in [0.2, 0.25) is 0 Å². The van der Waals surface area contributed by atoms with Gasteiger partial charge in [-0.1, -0.05) is 31.1 Å². The molecule has 0 fully saturated rings. The fourth-order valence-corrected chi connectivity index (χ4v) is 4.63. The number of hydrogen-bond acceptors (Lipinski definition) is 5. The first-order valence-electron chi connectivity index (χ1n) is 8.88. The molecule has 1 N–H and O–H groups in total. The van der Waals surface area contributed by atoms with Crippen molar-refractivity contribution in [1.29, 1.82) is 0 Å². The summed E-state index contributed by atoms with van der Waals surface area (Å²) in [6.45, 7) is 7.58. The van der Waals surface area contributed by atoms with Crippen molar-refractivity contribution < 1.29 is 17.4 Å². The first kappa shape index (κ1) is 19.4. The first-order chi connectivity index (χ1) is 12.8. The Bertz CT molecular complexity index is 1000. The number of aromatic nitrogens is 1. The molecule has 0 aliphatic carbocycles. The van der Waals surface area contributed by atoms with Crippen molar-refractivity contribution in [2.45, 2.75) is 51.0 Å². The third-order valence-corrected chi connectivity index (χ3v) is 5.93. The van der Waals surface area contributed by atoms with Crippen molar-refractivity contribution in [3.8, 4) is 11.3 Å². The van der Waals surface area contributed by atoms with E-state index in [1.165, 1.54) is 0 Å². The molecule has 144 valence electrons. The molecule has 2 heterocycles. The summed E-state index contributed by atoms with van der Waals surface area (Å²) in [5.74, 6) is 1.34. The van der Waals surface area contributed by atoms with E-state index in [4.69, 9.17) is 8.94 Å². The summed E-state index contributed by atoms with van der Waals surface area (Å²) in [6.07, 6.45) is 2.06. The SMILES string of the molecule is Cc1cc(-c2ccc(C(C)C)c(S(=O)(=O)N[C@@H](C)Cc3ccco3)c2)on1.